The van der Waals surface area contributed by atoms with Crippen LogP contribution in [0.1, 0.15) is 44.6 Å². The lowest BCUT2D eigenvalue weighted by Crippen LogP contribution is -2.39. The van der Waals surface area contributed by atoms with Crippen LogP contribution in [-0.4, -0.2) is 14.5 Å². The van der Waals surface area contributed by atoms with Crippen molar-refractivity contribution in [2.24, 2.45) is 0 Å². The van der Waals surface area contributed by atoms with Crippen molar-refractivity contribution in [1.29, 1.82) is 0 Å². The van der Waals surface area contributed by atoms with Crippen LogP contribution in [-0.2, 0) is 10.0 Å². The Hall–Kier alpha value is -0.870. The summed E-state index contributed by atoms with van der Waals surface area (Å²) in [6.45, 7) is 4.19. The molecule has 1 saturated carbocycles. The molecule has 0 amide bonds. The van der Waals surface area contributed by atoms with Crippen molar-refractivity contribution in [3.8, 4) is 0 Å². The number of nitrogens with one attached hydrogen (secondary N) is 1. The molecule has 0 radical (unpaired) electrons. The van der Waals surface area contributed by atoms with E-state index in [-0.39, 0.29) is 6.04 Å². The van der Waals surface area contributed by atoms with Gasteiger partial charge in [0.15, 0.2) is 0 Å². The summed E-state index contributed by atoms with van der Waals surface area (Å²) in [4.78, 5) is 0.369. The lowest BCUT2D eigenvalue weighted by atomic mass is 9.94. The van der Waals surface area contributed by atoms with Crippen molar-refractivity contribution in [3.63, 3.8) is 0 Å². The second-order valence-electron chi connectivity index (χ2n) is 4.97. The van der Waals surface area contributed by atoms with E-state index in [1.807, 2.05) is 12.1 Å². The molecule has 0 unspecified atom stereocenters. The summed E-state index contributed by atoms with van der Waals surface area (Å²) >= 11 is 0. The van der Waals surface area contributed by atoms with Gasteiger partial charge in [0.05, 0.1) is 4.90 Å². The molecule has 1 aromatic rings. The third-order valence-corrected chi connectivity index (χ3v) is 4.82. The van der Waals surface area contributed by atoms with Crippen molar-refractivity contribution in [1.82, 2.24) is 4.72 Å². The van der Waals surface area contributed by atoms with Crippen LogP contribution in [0.5, 0.6) is 0 Å². The molecule has 0 aliphatic heterocycles. The van der Waals surface area contributed by atoms with Crippen LogP contribution in [0, 0.1) is 0 Å². The smallest absolute Gasteiger partial charge is 0.208 e. The van der Waals surface area contributed by atoms with Crippen molar-refractivity contribution in [2.75, 3.05) is 0 Å². The molecule has 1 aliphatic rings. The molecule has 2 rings (SSSR count). The highest BCUT2D eigenvalue weighted by atomic mass is 32.2. The van der Waals surface area contributed by atoms with Gasteiger partial charge in [-0.3, -0.25) is 0 Å². The number of hydrogen-bond acceptors (Lipinski definition) is 2. The summed E-state index contributed by atoms with van der Waals surface area (Å²) in [7, 11) is -3.31. The molecule has 0 saturated heterocycles. The minimum absolute atomic E-state index is 0.143. The third kappa shape index (κ3) is 2.87. The second kappa shape index (κ2) is 4.78. The van der Waals surface area contributed by atoms with E-state index >= 15 is 0 Å². The summed E-state index contributed by atoms with van der Waals surface area (Å²) in [5.41, 5.74) is 1.16. The molecular weight excluding hydrogens is 234 g/mol. The fraction of sp³-hybridized carbons (Fsp3) is 0.538. The topological polar surface area (TPSA) is 46.2 Å². The highest BCUT2D eigenvalue weighted by Gasteiger charge is 2.24. The molecule has 1 N–H and O–H groups in total. The fourth-order valence-electron chi connectivity index (χ4n) is 1.85. The van der Waals surface area contributed by atoms with Gasteiger partial charge in [0.2, 0.25) is 10.0 Å². The summed E-state index contributed by atoms with van der Waals surface area (Å²) in [5.74, 6) is 0.423. The molecule has 0 aromatic heterocycles. The van der Waals surface area contributed by atoms with Gasteiger partial charge in [0, 0.05) is 6.04 Å². The van der Waals surface area contributed by atoms with Crippen LogP contribution in [0.3, 0.4) is 0 Å². The van der Waals surface area contributed by atoms with Gasteiger partial charge < -0.3 is 0 Å². The van der Waals surface area contributed by atoms with Gasteiger partial charge in [-0.2, -0.15) is 0 Å². The molecule has 4 heteroatoms. The van der Waals surface area contributed by atoms with Crippen LogP contribution in [0.25, 0.3) is 0 Å². The average Bonchev–Trinajstić information content (AvgIpc) is 2.24. The first-order valence-electron chi connectivity index (χ1n) is 6.11. The molecular formula is C13H19NO2S. The lowest BCUT2D eigenvalue weighted by molar-refractivity contribution is 0.383. The quantitative estimate of drug-likeness (QED) is 0.896. The Balaban J connectivity index is 2.15. The van der Waals surface area contributed by atoms with Gasteiger partial charge in [-0.05, 0) is 36.5 Å². The fourth-order valence-corrected chi connectivity index (χ4v) is 3.15. The maximum Gasteiger partial charge on any atom is 0.240 e. The molecule has 1 fully saturated rings. The van der Waals surface area contributed by atoms with Crippen LogP contribution >= 0.6 is 0 Å². The zero-order valence-electron chi connectivity index (χ0n) is 10.3. The Bertz CT molecular complexity index is 473. The van der Waals surface area contributed by atoms with Gasteiger partial charge in [-0.1, -0.05) is 32.4 Å². The normalized spacial score (nSPS) is 17.1. The van der Waals surface area contributed by atoms with Gasteiger partial charge in [0.25, 0.3) is 0 Å². The summed E-state index contributed by atoms with van der Waals surface area (Å²) < 4.78 is 26.7. The monoisotopic (exact) mass is 253 g/mol. The van der Waals surface area contributed by atoms with Crippen molar-refractivity contribution >= 4 is 10.0 Å². The number of rotatable bonds is 4. The summed E-state index contributed by atoms with van der Waals surface area (Å²) in [5, 5.41) is 0. The first-order valence-corrected chi connectivity index (χ1v) is 7.59. The van der Waals surface area contributed by atoms with Crippen LogP contribution in [0.15, 0.2) is 29.2 Å². The maximum absolute atomic E-state index is 12.0. The standard InChI is InChI=1S/C13H19NO2S/c1-10(2)11-6-8-13(9-7-11)17(15,16)14-12-4-3-5-12/h6-10,12,14H,3-5H2,1-2H3. The van der Waals surface area contributed by atoms with E-state index in [0.717, 1.165) is 24.8 Å². The zero-order valence-corrected chi connectivity index (χ0v) is 11.1. The van der Waals surface area contributed by atoms with E-state index in [4.69, 9.17) is 0 Å². The molecule has 0 atom stereocenters. The minimum Gasteiger partial charge on any atom is -0.208 e. The van der Waals surface area contributed by atoms with Crippen molar-refractivity contribution in [3.05, 3.63) is 29.8 Å². The first-order chi connectivity index (χ1) is 7.99. The Morgan fingerprint density at radius 1 is 1.18 bits per heavy atom. The van der Waals surface area contributed by atoms with E-state index in [1.54, 1.807) is 12.1 Å². The minimum atomic E-state index is -3.31. The van der Waals surface area contributed by atoms with E-state index in [0.29, 0.717) is 10.8 Å². The summed E-state index contributed by atoms with van der Waals surface area (Å²) in [6, 6.07) is 7.30. The summed E-state index contributed by atoms with van der Waals surface area (Å²) in [6.07, 6.45) is 3.05. The predicted octanol–water partition coefficient (Wildman–Crippen LogP) is 2.64. The van der Waals surface area contributed by atoms with Gasteiger partial charge in [-0.15, -0.1) is 0 Å². The van der Waals surface area contributed by atoms with E-state index in [1.165, 1.54) is 0 Å². The van der Waals surface area contributed by atoms with Crippen LogP contribution in [0.2, 0.25) is 0 Å². The van der Waals surface area contributed by atoms with Gasteiger partial charge >= 0.3 is 0 Å². The Kier molecular flexibility index (Phi) is 3.54. The SMILES string of the molecule is CC(C)c1ccc(S(=O)(=O)NC2CCC2)cc1. The predicted molar refractivity (Wildman–Crippen MR) is 68.5 cm³/mol. The third-order valence-electron chi connectivity index (χ3n) is 3.28. The van der Waals surface area contributed by atoms with Crippen LogP contribution < -0.4 is 4.72 Å². The van der Waals surface area contributed by atoms with Crippen LogP contribution in [0.4, 0.5) is 0 Å². The maximum atomic E-state index is 12.0. The first kappa shape index (κ1) is 12.6. The van der Waals surface area contributed by atoms with E-state index < -0.39 is 10.0 Å². The molecule has 94 valence electrons. The zero-order chi connectivity index (χ0) is 12.5. The van der Waals surface area contributed by atoms with Gasteiger partial charge in [-0.25, -0.2) is 13.1 Å². The Labute approximate surface area is 103 Å². The number of benzene rings is 1. The number of sulfonamides is 1. The molecule has 17 heavy (non-hydrogen) atoms. The highest BCUT2D eigenvalue weighted by molar-refractivity contribution is 7.89. The molecule has 1 aromatic carbocycles. The molecule has 3 nitrogen and oxygen atoms in total. The van der Waals surface area contributed by atoms with E-state index in [2.05, 4.69) is 18.6 Å². The van der Waals surface area contributed by atoms with Gasteiger partial charge in [0.1, 0.15) is 0 Å². The molecule has 0 spiro atoms. The molecule has 0 bridgehead atoms. The molecule has 1 aliphatic carbocycles. The lowest BCUT2D eigenvalue weighted by Gasteiger charge is -2.26. The highest BCUT2D eigenvalue weighted by Crippen LogP contribution is 2.22. The largest absolute Gasteiger partial charge is 0.240 e. The second-order valence-corrected chi connectivity index (χ2v) is 6.69. The molecule has 0 heterocycles. The van der Waals surface area contributed by atoms with E-state index in [9.17, 15) is 8.42 Å². The van der Waals surface area contributed by atoms with Crippen molar-refractivity contribution < 1.29 is 8.42 Å². The average molecular weight is 253 g/mol. The Morgan fingerprint density at radius 2 is 1.76 bits per heavy atom. The van der Waals surface area contributed by atoms with Crippen molar-refractivity contribution in [2.45, 2.75) is 50.0 Å². The Morgan fingerprint density at radius 3 is 2.18 bits per heavy atom. The number of hydrogen-bond donors (Lipinski definition) is 1.